The number of fused-ring (bicyclic) bond motifs is 18. The fourth-order valence-corrected chi connectivity index (χ4v) is 15.2. The third-order valence-electron chi connectivity index (χ3n) is 20.8. The van der Waals surface area contributed by atoms with Crippen molar-refractivity contribution in [1.82, 2.24) is 24.9 Å². The molecule has 0 saturated carbocycles. The minimum absolute atomic E-state index is 0. The minimum Gasteiger partial charge on any atom is -0.423 e. The van der Waals surface area contributed by atoms with Gasteiger partial charge in [-0.1, -0.05) is 366 Å². The summed E-state index contributed by atoms with van der Waals surface area (Å²) in [5.74, 6) is 0. The zero-order chi connectivity index (χ0) is 85.4. The zero-order valence-electron chi connectivity index (χ0n) is 67.8. The molecule has 10 nitrogen and oxygen atoms in total. The number of benzene rings is 17. The van der Waals surface area contributed by atoms with Crippen LogP contribution < -0.4 is 35.2 Å². The van der Waals surface area contributed by atoms with E-state index in [0.29, 0.717) is 10.6 Å². The Morgan fingerprint density at radius 2 is 0.756 bits per heavy atom. The Hall–Kier alpha value is -13.3. The number of nitrogens with one attached hydrogen (secondary N) is 2. The molecule has 17 aromatic carbocycles. The predicted octanol–water partition coefficient (Wildman–Crippen LogP) is 27.2. The molecule has 0 fully saturated rings. The van der Waals surface area contributed by atoms with Gasteiger partial charge in [0, 0.05) is 74.1 Å². The number of H-pyrrole nitrogens is 1. The molecule has 0 amide bonds. The Bertz CT molecular complexity index is 7450. The molecule has 0 radical (unpaired) electrons. The van der Waals surface area contributed by atoms with Crippen LogP contribution in [0.25, 0.3) is 147 Å². The second-order valence-corrected chi connectivity index (χ2v) is 35.6. The summed E-state index contributed by atoms with van der Waals surface area (Å²) in [6, 6.07) is 142. The first-order chi connectivity index (χ1) is 60.7. The average Bonchev–Trinajstić information content (AvgIpc) is 0.750. The zero-order valence-corrected chi connectivity index (χ0v) is 71.8. The van der Waals surface area contributed by atoms with Crippen molar-refractivity contribution in [2.75, 3.05) is 5.32 Å². The van der Waals surface area contributed by atoms with Gasteiger partial charge in [-0.05, 0) is 180 Å². The van der Waals surface area contributed by atoms with Gasteiger partial charge in [-0.25, -0.2) is 9.97 Å². The summed E-state index contributed by atoms with van der Waals surface area (Å²) in [6.45, 7) is 0. The minimum atomic E-state index is -3.22. The van der Waals surface area contributed by atoms with Gasteiger partial charge in [-0.15, -0.1) is 0 Å². The van der Waals surface area contributed by atoms with Crippen LogP contribution in [0.5, 0.6) is 0 Å². The smallest absolute Gasteiger partial charge is 0.423 e. The van der Waals surface area contributed by atoms with Crippen molar-refractivity contribution in [3.8, 4) is 22.5 Å². The third-order valence-corrected chi connectivity index (χ3v) is 21.1. The van der Waals surface area contributed by atoms with Crippen LogP contribution in [0.1, 0.15) is 32.0 Å². The van der Waals surface area contributed by atoms with E-state index >= 15 is 0 Å². The summed E-state index contributed by atoms with van der Waals surface area (Å²) in [5.41, 5.74) is 10.8. The molecule has 5 aromatic heterocycles. The molecule has 6 heterocycles. The Balaban J connectivity index is 0.000000133. The number of anilines is 1. The van der Waals surface area contributed by atoms with Gasteiger partial charge in [-0.2, -0.15) is 36.4 Å². The first kappa shape index (κ1) is 92.8. The van der Waals surface area contributed by atoms with Gasteiger partial charge in [-0.3, -0.25) is 19.3 Å². The molecule has 1 unspecified atom stereocenters. The molecule has 17 heteroatoms. The SMILES string of the molecule is C.C.C1=CC(c2ccccc2)Nc2ccc3ccccc3c21.Clc1nccc2c1ccc1ccccc12.O=P(Cl)(Cl)Cl.O=c1[nH]ccc2c1ccc1ccccc12.OB(O)c1ccccc1.[Li+].[c-]1ccccc1.c1ccc(-c2ccc3c(ccc4ccccc43)n2)cc1.c1ccc(-c2nccc3c2ccc2ccccc23)cc1.c1ccc2c(c1)ccc1ncccc12. The number of halogens is 4. The fraction of sp³-hybridized carbons (Fsp3) is 0.0273. The van der Waals surface area contributed by atoms with Gasteiger partial charge in [0.1, 0.15) is 5.15 Å². The molecule has 23 rings (SSSR count). The van der Waals surface area contributed by atoms with E-state index in [1.807, 2.05) is 140 Å². The second-order valence-electron chi connectivity index (χ2n) is 28.6. The second kappa shape index (κ2) is 45.5. The van der Waals surface area contributed by atoms with Gasteiger partial charge in [0.15, 0.2) is 0 Å². The van der Waals surface area contributed by atoms with E-state index in [1.165, 1.54) is 92.2 Å². The monoisotopic (exact) mass is 1740 g/mol. The maximum absolute atomic E-state index is 11.6. The van der Waals surface area contributed by atoms with E-state index in [9.17, 15) is 9.36 Å². The van der Waals surface area contributed by atoms with Crippen LogP contribution in [0.4, 0.5) is 5.69 Å². The molecule has 0 spiro atoms. The largest absolute Gasteiger partial charge is 1.00 e. The Labute approximate surface area is 770 Å². The molecule has 0 bridgehead atoms. The number of aromatic nitrogens is 5. The van der Waals surface area contributed by atoms with Crippen LogP contribution in [-0.2, 0) is 4.57 Å². The van der Waals surface area contributed by atoms with Crippen molar-refractivity contribution in [2.45, 2.75) is 20.9 Å². The van der Waals surface area contributed by atoms with Crippen LogP contribution in [0, 0.1) is 6.07 Å². The van der Waals surface area contributed by atoms with Crippen LogP contribution in [0.15, 0.2) is 448 Å². The molecule has 0 saturated heterocycles. The van der Waals surface area contributed by atoms with Crippen molar-refractivity contribution in [1.29, 1.82) is 0 Å². The molecule has 0 aliphatic carbocycles. The molecule has 4 N–H and O–H groups in total. The van der Waals surface area contributed by atoms with E-state index in [-0.39, 0.29) is 45.3 Å². The standard InChI is InChI=1S/C19H15N.2C19H13N.C13H8ClN.C13H9NO.C13H9N.C6H7BO2.C6H5.2CH4.Cl3OP.Li/c2*1-2-7-15(8-3-1)18-13-11-17-16-9-5-4-6-14(16)10-12-19(17)20-18;1-2-7-15(8-3-1)19-18-11-10-14-6-4-5-9-16(14)17(18)12-13-20-19;14-13-12-6-5-9-3-1-2-4-10(9)11(12)7-8-15-13;15-13-12-6-5-9-3-1-2-4-10(9)11(12)7-8-14-13;1-2-5-11-10(4-1)7-8-13-12(11)6-3-9-14-13;8-7(9)6-4-2-1-3-5-6;1-2-4-6-5-3-1;;;1-5(2,3)4;/h1-13,18,20H;2*1-13H;1-8H;1-8H,(H,14,15);1-9H;1-5,8-9H;1-5H;2*1H4;;/q;;;;;;;-1;;;;+1. The predicted molar refractivity (Wildman–Crippen MR) is 541 cm³/mol. The van der Waals surface area contributed by atoms with E-state index in [1.54, 1.807) is 36.7 Å². The summed E-state index contributed by atoms with van der Waals surface area (Å²) in [5, 5.41) is 41.9. The van der Waals surface area contributed by atoms with Gasteiger partial charge < -0.3 is 20.3 Å². The van der Waals surface area contributed by atoms with E-state index in [0.717, 1.165) is 65.9 Å². The van der Waals surface area contributed by atoms with Crippen molar-refractivity contribution in [2.24, 2.45) is 0 Å². The number of hydrogen-bond donors (Lipinski definition) is 4. The summed E-state index contributed by atoms with van der Waals surface area (Å²) in [6.07, 6.45) is 11.7. The maximum Gasteiger partial charge on any atom is 1.00 e. The Morgan fingerprint density at radius 1 is 0.354 bits per heavy atom. The van der Waals surface area contributed by atoms with Crippen molar-refractivity contribution < 1.29 is 33.5 Å². The number of hydrogen-bond acceptors (Lipinski definition) is 9. The van der Waals surface area contributed by atoms with Gasteiger partial charge in [0.2, 0.25) is 0 Å². The first-order valence-electron chi connectivity index (χ1n) is 40.1. The summed E-state index contributed by atoms with van der Waals surface area (Å²) >= 11 is 19.9. The number of nitrogens with zero attached hydrogens (tertiary/aromatic N) is 4. The molecular weight excluding hydrogens is 1660 g/mol. The topological polar surface area (TPSA) is 154 Å². The van der Waals surface area contributed by atoms with E-state index < -0.39 is 12.3 Å². The summed E-state index contributed by atoms with van der Waals surface area (Å²) < 4.78 is 9.51. The first-order valence-corrected chi connectivity index (χ1v) is 44.9. The quantitative estimate of drug-likeness (QED) is 0.0443. The third kappa shape index (κ3) is 24.0. The van der Waals surface area contributed by atoms with Crippen LogP contribution in [0.2, 0.25) is 5.15 Å². The van der Waals surface area contributed by atoms with Gasteiger partial charge in [0.25, 0.3) is 5.56 Å². The normalized spacial score (nSPS) is 11.4. The van der Waals surface area contributed by atoms with Crippen molar-refractivity contribution in [3.05, 3.63) is 476 Å². The number of rotatable bonds is 4. The van der Waals surface area contributed by atoms with Crippen molar-refractivity contribution >= 4 is 194 Å². The maximum atomic E-state index is 11.6. The van der Waals surface area contributed by atoms with Gasteiger partial charge in [0.05, 0.1) is 28.5 Å². The van der Waals surface area contributed by atoms with Gasteiger partial charge >= 0.3 is 31.2 Å². The fourth-order valence-electron chi connectivity index (χ4n) is 14.9. The molecule has 127 heavy (non-hydrogen) atoms. The van der Waals surface area contributed by atoms with E-state index in [2.05, 4.69) is 338 Å². The summed E-state index contributed by atoms with van der Waals surface area (Å²) in [7, 11) is -1.34. The molecule has 618 valence electrons. The molecule has 22 aromatic rings. The summed E-state index contributed by atoms with van der Waals surface area (Å²) in [4.78, 5) is 32.0. The van der Waals surface area contributed by atoms with Crippen LogP contribution >= 0.6 is 50.5 Å². The molecule has 1 atom stereocenters. The van der Waals surface area contributed by atoms with Crippen LogP contribution in [0.3, 0.4) is 0 Å². The molecule has 1 aliphatic heterocycles. The average molecular weight is 1750 g/mol. The van der Waals surface area contributed by atoms with E-state index in [4.69, 9.17) is 26.6 Å². The Morgan fingerprint density at radius 3 is 1.28 bits per heavy atom. The van der Waals surface area contributed by atoms with Crippen molar-refractivity contribution in [3.63, 3.8) is 0 Å². The Kier molecular flexibility index (Phi) is 33.3. The number of aromatic amines is 1. The number of pyridine rings is 5. The molecule has 1 aliphatic rings. The molecular formula is C110H87BCl4LiN6O4P. The van der Waals surface area contributed by atoms with Crippen LogP contribution in [-0.4, -0.2) is 42.1 Å².